The molecule has 0 aliphatic carbocycles. The van der Waals surface area contributed by atoms with Crippen molar-refractivity contribution in [2.45, 2.75) is 12.5 Å². The largest absolute Gasteiger partial charge is 0.324 e. The lowest BCUT2D eigenvalue weighted by Gasteiger charge is -2.12. The number of benzene rings is 1. The van der Waals surface area contributed by atoms with Crippen molar-refractivity contribution in [3.05, 3.63) is 56.7 Å². The van der Waals surface area contributed by atoms with E-state index in [0.29, 0.717) is 11.4 Å². The van der Waals surface area contributed by atoms with E-state index in [9.17, 15) is 0 Å². The molecule has 3 nitrogen and oxygen atoms in total. The third kappa shape index (κ3) is 2.69. The van der Waals surface area contributed by atoms with Gasteiger partial charge in [-0.2, -0.15) is 0 Å². The highest BCUT2D eigenvalue weighted by Gasteiger charge is 2.13. The smallest absolute Gasteiger partial charge is 0.193 e. The molecule has 2 aromatic heterocycles. The van der Waals surface area contributed by atoms with E-state index >= 15 is 0 Å². The van der Waals surface area contributed by atoms with Crippen molar-refractivity contribution < 1.29 is 0 Å². The van der Waals surface area contributed by atoms with Crippen LogP contribution in [0.25, 0.3) is 4.96 Å². The van der Waals surface area contributed by atoms with Crippen molar-refractivity contribution in [3.8, 4) is 0 Å². The van der Waals surface area contributed by atoms with Crippen LogP contribution in [0.15, 0.2) is 40.4 Å². The van der Waals surface area contributed by atoms with Crippen LogP contribution in [0.4, 0.5) is 0 Å². The average molecular weight is 357 g/mol. The van der Waals surface area contributed by atoms with Crippen molar-refractivity contribution in [1.82, 2.24) is 9.38 Å². The van der Waals surface area contributed by atoms with Crippen LogP contribution in [0.3, 0.4) is 0 Å². The van der Waals surface area contributed by atoms with E-state index < -0.39 is 0 Å². The number of thiazole rings is 1. The molecular formula is C13H11BrClN3S. The lowest BCUT2D eigenvalue weighted by Crippen LogP contribution is -2.14. The fourth-order valence-corrected chi connectivity index (χ4v) is 3.54. The van der Waals surface area contributed by atoms with Crippen LogP contribution in [0.5, 0.6) is 0 Å². The first-order valence-corrected chi connectivity index (χ1v) is 7.80. The van der Waals surface area contributed by atoms with Gasteiger partial charge in [0.2, 0.25) is 0 Å². The van der Waals surface area contributed by atoms with Gasteiger partial charge in [-0.15, -0.1) is 11.3 Å². The van der Waals surface area contributed by atoms with Gasteiger partial charge in [-0.3, -0.25) is 4.40 Å². The molecule has 2 N–H and O–H groups in total. The maximum atomic E-state index is 6.22. The summed E-state index contributed by atoms with van der Waals surface area (Å²) in [7, 11) is 0. The molecule has 0 spiro atoms. The summed E-state index contributed by atoms with van der Waals surface area (Å²) in [6.07, 6.45) is 4.68. The summed E-state index contributed by atoms with van der Waals surface area (Å²) in [6.45, 7) is 0. The monoisotopic (exact) mass is 355 g/mol. The van der Waals surface area contributed by atoms with E-state index in [1.807, 2.05) is 40.4 Å². The second-order valence-electron chi connectivity index (χ2n) is 4.30. The zero-order chi connectivity index (χ0) is 13.4. The molecule has 0 saturated carbocycles. The number of hydrogen-bond acceptors (Lipinski definition) is 3. The zero-order valence-electron chi connectivity index (χ0n) is 9.88. The Morgan fingerprint density at radius 1 is 1.47 bits per heavy atom. The normalized spacial score (nSPS) is 13.0. The Balaban J connectivity index is 1.84. The van der Waals surface area contributed by atoms with Gasteiger partial charge in [0.25, 0.3) is 0 Å². The Labute approximate surface area is 128 Å². The molecule has 98 valence electrons. The van der Waals surface area contributed by atoms with E-state index in [1.165, 1.54) is 0 Å². The van der Waals surface area contributed by atoms with Gasteiger partial charge < -0.3 is 5.73 Å². The van der Waals surface area contributed by atoms with Gasteiger partial charge in [0.1, 0.15) is 0 Å². The Kier molecular flexibility index (Phi) is 3.62. The molecule has 6 heteroatoms. The molecule has 0 aliphatic heterocycles. The minimum Gasteiger partial charge on any atom is -0.324 e. The first kappa shape index (κ1) is 13.1. The number of nitrogens with two attached hydrogens (primary N) is 1. The molecule has 0 radical (unpaired) electrons. The molecular weight excluding hydrogens is 346 g/mol. The molecule has 1 aromatic carbocycles. The Morgan fingerprint density at radius 3 is 3.05 bits per heavy atom. The molecule has 3 aromatic rings. The van der Waals surface area contributed by atoms with E-state index in [-0.39, 0.29) is 6.04 Å². The number of nitrogens with zero attached hydrogens (tertiary/aromatic N) is 2. The quantitative estimate of drug-likeness (QED) is 0.769. The summed E-state index contributed by atoms with van der Waals surface area (Å²) in [5.74, 6) is 0. The molecule has 2 heterocycles. The zero-order valence-corrected chi connectivity index (χ0v) is 13.0. The molecule has 0 fully saturated rings. The van der Waals surface area contributed by atoms with Crippen LogP contribution in [-0.4, -0.2) is 9.38 Å². The molecule has 0 amide bonds. The summed E-state index contributed by atoms with van der Waals surface area (Å²) in [5, 5.41) is 2.69. The third-order valence-electron chi connectivity index (χ3n) is 2.93. The first-order chi connectivity index (χ1) is 9.13. The van der Waals surface area contributed by atoms with E-state index in [2.05, 4.69) is 20.9 Å². The van der Waals surface area contributed by atoms with Crippen LogP contribution in [0.1, 0.15) is 17.3 Å². The highest BCUT2D eigenvalue weighted by molar-refractivity contribution is 9.10. The van der Waals surface area contributed by atoms with E-state index in [0.717, 1.165) is 20.7 Å². The lowest BCUT2D eigenvalue weighted by molar-refractivity contribution is 0.710. The third-order valence-corrected chi connectivity index (χ3v) is 4.53. The second kappa shape index (κ2) is 5.25. The van der Waals surface area contributed by atoms with Crippen LogP contribution >= 0.6 is 38.9 Å². The van der Waals surface area contributed by atoms with E-state index in [4.69, 9.17) is 17.3 Å². The van der Waals surface area contributed by atoms with Crippen LogP contribution in [-0.2, 0) is 6.42 Å². The van der Waals surface area contributed by atoms with Crippen LogP contribution in [0, 0.1) is 0 Å². The standard InChI is InChI=1S/C13H11BrClN3S/c14-8-1-2-10(11(15)5-8)12(16)6-9-7-18-3-4-19-13(18)17-9/h1-5,7,12H,6,16H2. The molecule has 1 atom stereocenters. The van der Waals surface area contributed by atoms with Crippen molar-refractivity contribution in [2.75, 3.05) is 0 Å². The second-order valence-corrected chi connectivity index (χ2v) is 6.50. The predicted molar refractivity (Wildman–Crippen MR) is 82.9 cm³/mol. The molecule has 19 heavy (non-hydrogen) atoms. The van der Waals surface area contributed by atoms with Crippen LogP contribution in [0.2, 0.25) is 5.02 Å². The molecule has 0 saturated heterocycles. The van der Waals surface area contributed by atoms with Gasteiger partial charge in [0, 0.05) is 39.7 Å². The van der Waals surface area contributed by atoms with Gasteiger partial charge in [0.05, 0.1) is 5.69 Å². The summed E-state index contributed by atoms with van der Waals surface area (Å²) >= 11 is 11.2. The maximum Gasteiger partial charge on any atom is 0.193 e. The predicted octanol–water partition coefficient (Wildman–Crippen LogP) is 4.05. The summed E-state index contributed by atoms with van der Waals surface area (Å²) in [6, 6.07) is 5.62. The van der Waals surface area contributed by atoms with Gasteiger partial charge >= 0.3 is 0 Å². The fourth-order valence-electron chi connectivity index (χ4n) is 2.01. The number of hydrogen-bond donors (Lipinski definition) is 1. The number of halogens is 2. The molecule has 3 rings (SSSR count). The Hall–Kier alpha value is -0.880. The molecule has 0 bridgehead atoms. The highest BCUT2D eigenvalue weighted by Crippen LogP contribution is 2.27. The Bertz CT molecular complexity index is 693. The summed E-state index contributed by atoms with van der Waals surface area (Å²) in [4.78, 5) is 5.52. The minimum absolute atomic E-state index is 0.148. The van der Waals surface area contributed by atoms with E-state index in [1.54, 1.807) is 11.3 Å². The maximum absolute atomic E-state index is 6.22. The number of imidazole rings is 1. The van der Waals surface area contributed by atoms with Gasteiger partial charge in [-0.25, -0.2) is 4.98 Å². The Morgan fingerprint density at radius 2 is 2.32 bits per heavy atom. The highest BCUT2D eigenvalue weighted by atomic mass is 79.9. The minimum atomic E-state index is -0.148. The lowest BCUT2D eigenvalue weighted by atomic mass is 10.0. The summed E-state index contributed by atoms with van der Waals surface area (Å²) in [5.41, 5.74) is 8.15. The number of rotatable bonds is 3. The topological polar surface area (TPSA) is 43.3 Å². The van der Waals surface area contributed by atoms with Crippen molar-refractivity contribution in [3.63, 3.8) is 0 Å². The van der Waals surface area contributed by atoms with Gasteiger partial charge in [-0.1, -0.05) is 33.6 Å². The van der Waals surface area contributed by atoms with Gasteiger partial charge in [0.15, 0.2) is 4.96 Å². The van der Waals surface area contributed by atoms with Gasteiger partial charge in [-0.05, 0) is 17.7 Å². The molecule has 1 unspecified atom stereocenters. The fraction of sp³-hybridized carbons (Fsp3) is 0.154. The number of fused-ring (bicyclic) bond motifs is 1. The van der Waals surface area contributed by atoms with Crippen molar-refractivity contribution in [1.29, 1.82) is 0 Å². The van der Waals surface area contributed by atoms with Crippen molar-refractivity contribution >= 4 is 43.8 Å². The molecule has 0 aliphatic rings. The summed E-state index contributed by atoms with van der Waals surface area (Å²) < 4.78 is 2.96. The first-order valence-electron chi connectivity index (χ1n) is 5.75. The van der Waals surface area contributed by atoms with Crippen molar-refractivity contribution in [2.24, 2.45) is 5.73 Å². The SMILES string of the molecule is NC(Cc1cn2ccsc2n1)c1ccc(Br)cc1Cl. The average Bonchev–Trinajstić information content (AvgIpc) is 2.89. The van der Waals surface area contributed by atoms with Crippen LogP contribution < -0.4 is 5.73 Å². The number of aromatic nitrogens is 2.